The van der Waals surface area contributed by atoms with E-state index in [9.17, 15) is 0 Å². The number of ether oxygens (including phenoxy) is 1. The minimum absolute atomic E-state index is 0.00663. The Morgan fingerprint density at radius 1 is 1.17 bits per heavy atom. The molecule has 0 aliphatic carbocycles. The fourth-order valence-electron chi connectivity index (χ4n) is 1.85. The third-order valence-corrected chi connectivity index (χ3v) is 3.08. The Labute approximate surface area is 112 Å². The summed E-state index contributed by atoms with van der Waals surface area (Å²) in [5, 5.41) is 0. The van der Waals surface area contributed by atoms with Gasteiger partial charge in [0, 0.05) is 6.61 Å². The monoisotopic (exact) mass is 249 g/mol. The van der Waals surface area contributed by atoms with Crippen LogP contribution < -0.4 is 5.73 Å². The third kappa shape index (κ3) is 5.65. The molecule has 1 aromatic carbocycles. The predicted octanol–water partition coefficient (Wildman–Crippen LogP) is 3.70. The number of nitrogens with two attached hydrogens (primary N) is 1. The topological polar surface area (TPSA) is 35.2 Å². The van der Waals surface area contributed by atoms with Crippen LogP contribution in [-0.2, 0) is 11.2 Å². The molecule has 0 radical (unpaired) electrons. The summed E-state index contributed by atoms with van der Waals surface area (Å²) >= 11 is 0. The smallest absolute Gasteiger partial charge is 0.0659 e. The van der Waals surface area contributed by atoms with Crippen molar-refractivity contribution in [2.45, 2.75) is 46.1 Å². The van der Waals surface area contributed by atoms with E-state index in [1.807, 2.05) is 0 Å². The molecule has 2 nitrogen and oxygen atoms in total. The molecule has 1 aromatic rings. The molecule has 1 atom stereocenters. The minimum Gasteiger partial charge on any atom is -0.379 e. The van der Waals surface area contributed by atoms with E-state index in [0.29, 0.717) is 12.5 Å². The average Bonchev–Trinajstić information content (AvgIpc) is 2.35. The lowest BCUT2D eigenvalue weighted by Gasteiger charge is -2.14. The number of hydrogen-bond donors (Lipinski definition) is 1. The lowest BCUT2D eigenvalue weighted by molar-refractivity contribution is 0.111. The molecular formula is C16H27NO. The Kier molecular flexibility index (Phi) is 6.99. The number of rotatable bonds is 8. The molecule has 2 N–H and O–H groups in total. The van der Waals surface area contributed by atoms with E-state index in [1.54, 1.807) is 0 Å². The zero-order chi connectivity index (χ0) is 13.4. The Hall–Kier alpha value is -0.860. The van der Waals surface area contributed by atoms with Gasteiger partial charge in [0.15, 0.2) is 0 Å². The molecule has 0 aromatic heterocycles. The summed E-state index contributed by atoms with van der Waals surface area (Å²) in [4.78, 5) is 0. The van der Waals surface area contributed by atoms with E-state index >= 15 is 0 Å². The van der Waals surface area contributed by atoms with Crippen LogP contribution >= 0.6 is 0 Å². The quantitative estimate of drug-likeness (QED) is 0.713. The van der Waals surface area contributed by atoms with E-state index in [1.165, 1.54) is 17.5 Å². The molecule has 0 aliphatic heterocycles. The van der Waals surface area contributed by atoms with E-state index in [-0.39, 0.29) is 6.04 Å². The molecule has 0 aliphatic rings. The first-order chi connectivity index (χ1) is 8.63. The highest BCUT2D eigenvalue weighted by Gasteiger charge is 2.06. The van der Waals surface area contributed by atoms with Gasteiger partial charge in [-0.15, -0.1) is 0 Å². The van der Waals surface area contributed by atoms with Gasteiger partial charge >= 0.3 is 0 Å². The Morgan fingerprint density at radius 2 is 1.83 bits per heavy atom. The van der Waals surface area contributed by atoms with Crippen LogP contribution in [0.4, 0.5) is 0 Å². The fraction of sp³-hybridized carbons (Fsp3) is 0.625. The summed E-state index contributed by atoms with van der Waals surface area (Å²) in [6.07, 6.45) is 3.42. The first-order valence-electron chi connectivity index (χ1n) is 7.05. The second-order valence-electron chi connectivity index (χ2n) is 5.36. The van der Waals surface area contributed by atoms with E-state index in [0.717, 1.165) is 19.4 Å². The average molecular weight is 249 g/mol. The van der Waals surface area contributed by atoms with Crippen molar-refractivity contribution in [3.8, 4) is 0 Å². The number of aryl methyl sites for hydroxylation is 1. The number of benzene rings is 1. The number of hydrogen-bond acceptors (Lipinski definition) is 2. The second kappa shape index (κ2) is 8.28. The summed E-state index contributed by atoms with van der Waals surface area (Å²) in [6.45, 7) is 8.02. The molecule has 0 saturated carbocycles. The van der Waals surface area contributed by atoms with E-state index in [4.69, 9.17) is 10.5 Å². The van der Waals surface area contributed by atoms with Crippen molar-refractivity contribution in [2.75, 3.05) is 13.2 Å². The van der Waals surface area contributed by atoms with Gasteiger partial charge in [-0.1, -0.05) is 51.5 Å². The zero-order valence-electron chi connectivity index (χ0n) is 12.0. The SMILES string of the molecule is CCCc1ccc(C(N)COCCC(C)C)cc1. The molecule has 1 unspecified atom stereocenters. The molecule has 0 fully saturated rings. The maximum Gasteiger partial charge on any atom is 0.0659 e. The summed E-state index contributed by atoms with van der Waals surface area (Å²) in [6, 6.07) is 8.59. The van der Waals surface area contributed by atoms with E-state index < -0.39 is 0 Å². The molecular weight excluding hydrogens is 222 g/mol. The maximum atomic E-state index is 6.11. The summed E-state index contributed by atoms with van der Waals surface area (Å²) in [5.41, 5.74) is 8.66. The normalized spacial score (nSPS) is 12.9. The molecule has 0 saturated heterocycles. The molecule has 18 heavy (non-hydrogen) atoms. The molecule has 0 spiro atoms. The van der Waals surface area contributed by atoms with Gasteiger partial charge < -0.3 is 10.5 Å². The predicted molar refractivity (Wildman–Crippen MR) is 77.6 cm³/mol. The van der Waals surface area contributed by atoms with E-state index in [2.05, 4.69) is 45.0 Å². The standard InChI is InChI=1S/C16H27NO/c1-4-5-14-6-8-15(9-7-14)16(17)12-18-11-10-13(2)3/h6-9,13,16H,4-5,10-12,17H2,1-3H3. The summed E-state index contributed by atoms with van der Waals surface area (Å²) in [7, 11) is 0. The maximum absolute atomic E-state index is 6.11. The van der Waals surface area contributed by atoms with Crippen LogP contribution in [0.2, 0.25) is 0 Å². The van der Waals surface area contributed by atoms with Gasteiger partial charge in [0.25, 0.3) is 0 Å². The largest absolute Gasteiger partial charge is 0.379 e. The van der Waals surface area contributed by atoms with Crippen LogP contribution in [0, 0.1) is 5.92 Å². The van der Waals surface area contributed by atoms with Gasteiger partial charge in [0.2, 0.25) is 0 Å². The zero-order valence-corrected chi connectivity index (χ0v) is 12.0. The summed E-state index contributed by atoms with van der Waals surface area (Å²) in [5.74, 6) is 0.689. The van der Waals surface area contributed by atoms with Crippen LogP contribution in [0.25, 0.3) is 0 Å². The second-order valence-corrected chi connectivity index (χ2v) is 5.36. The molecule has 0 bridgehead atoms. The van der Waals surface area contributed by atoms with Crippen LogP contribution in [0.3, 0.4) is 0 Å². The van der Waals surface area contributed by atoms with Gasteiger partial charge in [-0.05, 0) is 29.9 Å². The van der Waals surface area contributed by atoms with Crippen molar-refractivity contribution in [3.05, 3.63) is 35.4 Å². The highest BCUT2D eigenvalue weighted by atomic mass is 16.5. The van der Waals surface area contributed by atoms with Gasteiger partial charge in [-0.2, -0.15) is 0 Å². The Bertz CT molecular complexity index is 318. The van der Waals surface area contributed by atoms with Crippen LogP contribution in [0.5, 0.6) is 0 Å². The third-order valence-electron chi connectivity index (χ3n) is 3.08. The Balaban J connectivity index is 2.34. The van der Waals surface area contributed by atoms with Gasteiger partial charge in [-0.3, -0.25) is 0 Å². The first-order valence-corrected chi connectivity index (χ1v) is 7.05. The fourth-order valence-corrected chi connectivity index (χ4v) is 1.85. The van der Waals surface area contributed by atoms with Gasteiger partial charge in [0.05, 0.1) is 12.6 Å². The van der Waals surface area contributed by atoms with Crippen molar-refractivity contribution in [1.29, 1.82) is 0 Å². The summed E-state index contributed by atoms with van der Waals surface area (Å²) < 4.78 is 5.61. The van der Waals surface area contributed by atoms with Crippen molar-refractivity contribution >= 4 is 0 Å². The van der Waals surface area contributed by atoms with Crippen LogP contribution in [0.1, 0.15) is 50.8 Å². The van der Waals surface area contributed by atoms with Crippen molar-refractivity contribution in [2.24, 2.45) is 11.7 Å². The lowest BCUT2D eigenvalue weighted by Crippen LogP contribution is -2.17. The first kappa shape index (κ1) is 15.2. The molecule has 0 amide bonds. The van der Waals surface area contributed by atoms with Crippen molar-refractivity contribution in [1.82, 2.24) is 0 Å². The minimum atomic E-state index is -0.00663. The van der Waals surface area contributed by atoms with Crippen molar-refractivity contribution < 1.29 is 4.74 Å². The van der Waals surface area contributed by atoms with Gasteiger partial charge in [-0.25, -0.2) is 0 Å². The molecule has 2 heteroatoms. The highest BCUT2D eigenvalue weighted by molar-refractivity contribution is 5.24. The van der Waals surface area contributed by atoms with Gasteiger partial charge in [0.1, 0.15) is 0 Å². The Morgan fingerprint density at radius 3 is 2.39 bits per heavy atom. The molecule has 102 valence electrons. The van der Waals surface area contributed by atoms with Crippen LogP contribution in [-0.4, -0.2) is 13.2 Å². The van der Waals surface area contributed by atoms with Crippen LogP contribution in [0.15, 0.2) is 24.3 Å². The highest BCUT2D eigenvalue weighted by Crippen LogP contribution is 2.13. The van der Waals surface area contributed by atoms with Crippen molar-refractivity contribution in [3.63, 3.8) is 0 Å². The molecule has 1 rings (SSSR count). The molecule has 0 heterocycles. The lowest BCUT2D eigenvalue weighted by atomic mass is 10.0.